The number of aryl methyl sites for hydroxylation is 1. The third kappa shape index (κ3) is 3.53. The summed E-state index contributed by atoms with van der Waals surface area (Å²) in [7, 11) is 0. The molecule has 0 radical (unpaired) electrons. The number of hydrogen-bond donors (Lipinski definition) is 1. The molecular weight excluding hydrogens is 328 g/mol. The highest BCUT2D eigenvalue weighted by Crippen LogP contribution is 2.28. The Morgan fingerprint density at radius 3 is 2.75 bits per heavy atom. The number of rotatable bonds is 5. The molecule has 1 aromatic heterocycles. The molecule has 2 amide bonds. The minimum Gasteiger partial charge on any atom is -0.494 e. The number of anilines is 2. The second-order valence-electron chi connectivity index (χ2n) is 5.45. The number of ether oxygens (including phenoxy) is 1. The van der Waals surface area contributed by atoms with E-state index < -0.39 is 5.92 Å². The first-order valence-corrected chi connectivity index (χ1v) is 8.52. The Kier molecular flexibility index (Phi) is 4.75. The van der Waals surface area contributed by atoms with Crippen LogP contribution in [0.25, 0.3) is 0 Å². The molecule has 0 unspecified atom stereocenters. The van der Waals surface area contributed by atoms with Crippen molar-refractivity contribution in [1.29, 1.82) is 0 Å². The molecule has 1 saturated heterocycles. The maximum absolute atomic E-state index is 12.3. The minimum atomic E-state index is -0.395. The predicted octanol–water partition coefficient (Wildman–Crippen LogP) is 2.24. The van der Waals surface area contributed by atoms with Gasteiger partial charge in [0.05, 0.1) is 12.5 Å². The third-order valence-corrected chi connectivity index (χ3v) is 4.47. The average Bonchev–Trinajstić information content (AvgIpc) is 3.14. The van der Waals surface area contributed by atoms with E-state index in [1.807, 2.05) is 38.1 Å². The molecule has 0 saturated carbocycles. The molecule has 3 rings (SSSR count). The SMILES string of the molecule is CCOc1ccc(N2C[C@@H](C(=O)Nc3nnc(C)s3)CC2=O)cc1. The summed E-state index contributed by atoms with van der Waals surface area (Å²) in [5, 5.41) is 11.7. The fourth-order valence-electron chi connectivity index (χ4n) is 2.58. The first-order valence-electron chi connectivity index (χ1n) is 7.71. The number of carbonyl (C=O) groups excluding carboxylic acids is 2. The zero-order chi connectivity index (χ0) is 17.1. The lowest BCUT2D eigenvalue weighted by Crippen LogP contribution is -2.28. The first kappa shape index (κ1) is 16.4. The monoisotopic (exact) mass is 346 g/mol. The number of hydrogen-bond acceptors (Lipinski definition) is 6. The number of amides is 2. The third-order valence-electron chi connectivity index (χ3n) is 3.71. The molecule has 2 aromatic rings. The fourth-order valence-corrected chi connectivity index (χ4v) is 3.17. The molecule has 0 aliphatic carbocycles. The van der Waals surface area contributed by atoms with Crippen molar-refractivity contribution in [1.82, 2.24) is 10.2 Å². The van der Waals surface area contributed by atoms with Crippen LogP contribution >= 0.6 is 11.3 Å². The molecule has 1 aromatic carbocycles. The average molecular weight is 346 g/mol. The van der Waals surface area contributed by atoms with Crippen molar-refractivity contribution in [2.75, 3.05) is 23.4 Å². The van der Waals surface area contributed by atoms with Crippen molar-refractivity contribution in [2.24, 2.45) is 5.92 Å². The molecule has 1 N–H and O–H groups in total. The number of benzene rings is 1. The van der Waals surface area contributed by atoms with Gasteiger partial charge in [-0.25, -0.2) is 0 Å². The molecule has 7 nitrogen and oxygen atoms in total. The van der Waals surface area contributed by atoms with E-state index in [0.29, 0.717) is 18.3 Å². The standard InChI is InChI=1S/C16H18N4O3S/c1-3-23-13-6-4-12(5-7-13)20-9-11(8-14(20)21)15(22)17-16-19-18-10(2)24-16/h4-7,11H,3,8-9H2,1-2H3,(H,17,19,22)/t11-/m0/s1. The Labute approximate surface area is 143 Å². The van der Waals surface area contributed by atoms with E-state index in [1.54, 1.807) is 4.90 Å². The highest BCUT2D eigenvalue weighted by Gasteiger charge is 2.35. The molecule has 1 atom stereocenters. The summed E-state index contributed by atoms with van der Waals surface area (Å²) in [5.74, 6) is 0.0998. The van der Waals surface area contributed by atoms with Gasteiger partial charge in [-0.2, -0.15) is 0 Å². The second kappa shape index (κ2) is 6.96. The lowest BCUT2D eigenvalue weighted by atomic mass is 10.1. The van der Waals surface area contributed by atoms with E-state index in [-0.39, 0.29) is 18.2 Å². The quantitative estimate of drug-likeness (QED) is 0.897. The summed E-state index contributed by atoms with van der Waals surface area (Å²) in [6.07, 6.45) is 0.191. The fraction of sp³-hybridized carbons (Fsp3) is 0.375. The molecule has 1 aliphatic heterocycles. The predicted molar refractivity (Wildman–Crippen MR) is 91.3 cm³/mol. The normalized spacial score (nSPS) is 17.2. The zero-order valence-corrected chi connectivity index (χ0v) is 14.3. The van der Waals surface area contributed by atoms with E-state index >= 15 is 0 Å². The van der Waals surface area contributed by atoms with Crippen molar-refractivity contribution in [3.05, 3.63) is 29.3 Å². The van der Waals surface area contributed by atoms with Gasteiger partial charge in [-0.1, -0.05) is 11.3 Å². The van der Waals surface area contributed by atoms with Crippen molar-refractivity contribution in [2.45, 2.75) is 20.3 Å². The van der Waals surface area contributed by atoms with Crippen LogP contribution < -0.4 is 15.0 Å². The Balaban J connectivity index is 1.65. The summed E-state index contributed by atoms with van der Waals surface area (Å²) in [4.78, 5) is 26.2. The van der Waals surface area contributed by atoms with Crippen LogP contribution in [0.15, 0.2) is 24.3 Å². The van der Waals surface area contributed by atoms with Gasteiger partial charge in [0.1, 0.15) is 10.8 Å². The molecule has 8 heteroatoms. The number of nitrogens with one attached hydrogen (secondary N) is 1. The van der Waals surface area contributed by atoms with E-state index in [2.05, 4.69) is 15.5 Å². The van der Waals surface area contributed by atoms with Gasteiger partial charge >= 0.3 is 0 Å². The van der Waals surface area contributed by atoms with Crippen molar-refractivity contribution < 1.29 is 14.3 Å². The highest BCUT2D eigenvalue weighted by atomic mass is 32.1. The van der Waals surface area contributed by atoms with Gasteiger partial charge in [0.2, 0.25) is 16.9 Å². The summed E-state index contributed by atoms with van der Waals surface area (Å²) in [6, 6.07) is 7.31. The Morgan fingerprint density at radius 1 is 1.38 bits per heavy atom. The second-order valence-corrected chi connectivity index (χ2v) is 6.63. The summed E-state index contributed by atoms with van der Waals surface area (Å²) >= 11 is 1.31. The van der Waals surface area contributed by atoms with Gasteiger partial charge in [-0.3, -0.25) is 9.59 Å². The lowest BCUT2D eigenvalue weighted by molar-refractivity contribution is -0.122. The van der Waals surface area contributed by atoms with Gasteiger partial charge in [0.25, 0.3) is 0 Å². The molecular formula is C16H18N4O3S. The van der Waals surface area contributed by atoms with Crippen molar-refractivity contribution in [3.63, 3.8) is 0 Å². The first-order chi connectivity index (χ1) is 11.6. The van der Waals surface area contributed by atoms with Gasteiger partial charge in [0, 0.05) is 18.7 Å². The molecule has 1 fully saturated rings. The van der Waals surface area contributed by atoms with Crippen molar-refractivity contribution in [3.8, 4) is 5.75 Å². The van der Waals surface area contributed by atoms with Crippen LogP contribution in [0.4, 0.5) is 10.8 Å². The van der Waals surface area contributed by atoms with Gasteiger partial charge in [-0.15, -0.1) is 10.2 Å². The van der Waals surface area contributed by atoms with E-state index in [4.69, 9.17) is 4.74 Å². The topological polar surface area (TPSA) is 84.4 Å². The highest BCUT2D eigenvalue weighted by molar-refractivity contribution is 7.15. The summed E-state index contributed by atoms with van der Waals surface area (Å²) in [6.45, 7) is 4.69. The summed E-state index contributed by atoms with van der Waals surface area (Å²) < 4.78 is 5.40. The summed E-state index contributed by atoms with van der Waals surface area (Å²) in [5.41, 5.74) is 0.769. The van der Waals surface area contributed by atoms with Gasteiger partial charge in [0.15, 0.2) is 0 Å². The smallest absolute Gasteiger partial charge is 0.231 e. The van der Waals surface area contributed by atoms with Crippen LogP contribution in [0.1, 0.15) is 18.4 Å². The van der Waals surface area contributed by atoms with E-state index in [1.165, 1.54) is 11.3 Å². The Bertz CT molecular complexity index is 744. The largest absolute Gasteiger partial charge is 0.494 e. The Hall–Kier alpha value is -2.48. The lowest BCUT2D eigenvalue weighted by Gasteiger charge is -2.17. The van der Waals surface area contributed by atoms with E-state index in [9.17, 15) is 9.59 Å². The van der Waals surface area contributed by atoms with Gasteiger partial charge in [-0.05, 0) is 38.1 Å². The van der Waals surface area contributed by atoms with Crippen LogP contribution in [0, 0.1) is 12.8 Å². The van der Waals surface area contributed by atoms with Crippen LogP contribution in [0.5, 0.6) is 5.75 Å². The van der Waals surface area contributed by atoms with Crippen molar-refractivity contribution >= 4 is 34.0 Å². The van der Waals surface area contributed by atoms with Crippen LogP contribution in [-0.2, 0) is 9.59 Å². The molecule has 2 heterocycles. The molecule has 24 heavy (non-hydrogen) atoms. The maximum Gasteiger partial charge on any atom is 0.231 e. The Morgan fingerprint density at radius 2 is 2.12 bits per heavy atom. The number of carbonyl (C=O) groups is 2. The minimum absolute atomic E-state index is 0.0623. The maximum atomic E-state index is 12.3. The van der Waals surface area contributed by atoms with E-state index in [0.717, 1.165) is 16.4 Å². The van der Waals surface area contributed by atoms with Crippen LogP contribution in [-0.4, -0.2) is 35.2 Å². The number of nitrogens with zero attached hydrogens (tertiary/aromatic N) is 3. The molecule has 1 aliphatic rings. The van der Waals surface area contributed by atoms with Crippen LogP contribution in [0.3, 0.4) is 0 Å². The van der Waals surface area contributed by atoms with Crippen LogP contribution in [0.2, 0.25) is 0 Å². The van der Waals surface area contributed by atoms with Gasteiger partial charge < -0.3 is 15.0 Å². The number of aromatic nitrogens is 2. The zero-order valence-electron chi connectivity index (χ0n) is 13.5. The molecule has 0 spiro atoms. The molecule has 0 bridgehead atoms. The molecule has 126 valence electrons.